The van der Waals surface area contributed by atoms with E-state index in [-0.39, 0.29) is 5.91 Å². The van der Waals surface area contributed by atoms with Crippen molar-refractivity contribution in [3.05, 3.63) is 23.9 Å². The first-order valence-electron chi connectivity index (χ1n) is 6.63. The van der Waals surface area contributed by atoms with E-state index < -0.39 is 0 Å². The Bertz CT molecular complexity index is 379. The predicted octanol–water partition coefficient (Wildman–Crippen LogP) is 2.01. The summed E-state index contributed by atoms with van der Waals surface area (Å²) in [5.74, 6) is 0.797. The van der Waals surface area contributed by atoms with Crippen molar-refractivity contribution in [3.8, 4) is 0 Å². The number of carbonyl (C=O) groups excluding carboxylic acids is 1. The second kappa shape index (κ2) is 8.48. The minimum Gasteiger partial charge on any atom is -0.385 e. The molecule has 0 aliphatic carbocycles. The van der Waals surface area contributed by atoms with Crippen LogP contribution in [0.3, 0.4) is 0 Å². The SMILES string of the molecule is CCCNc1ccc(C(=O)N(C)CCCOC)cn1. The molecule has 1 amide bonds. The summed E-state index contributed by atoms with van der Waals surface area (Å²) in [7, 11) is 3.45. The summed E-state index contributed by atoms with van der Waals surface area (Å²) in [5, 5.41) is 3.18. The highest BCUT2D eigenvalue weighted by Crippen LogP contribution is 2.07. The molecule has 106 valence electrons. The summed E-state index contributed by atoms with van der Waals surface area (Å²) in [5.41, 5.74) is 0.613. The maximum Gasteiger partial charge on any atom is 0.255 e. The van der Waals surface area contributed by atoms with Crippen LogP contribution in [0.2, 0.25) is 0 Å². The fraction of sp³-hybridized carbons (Fsp3) is 0.571. The van der Waals surface area contributed by atoms with E-state index >= 15 is 0 Å². The normalized spacial score (nSPS) is 10.3. The van der Waals surface area contributed by atoms with Crippen molar-refractivity contribution in [2.45, 2.75) is 19.8 Å². The number of aromatic nitrogens is 1. The van der Waals surface area contributed by atoms with E-state index in [9.17, 15) is 4.79 Å². The Kier molecular flexibility index (Phi) is 6.89. The minimum absolute atomic E-state index is 0.00866. The standard InChI is InChI=1S/C14H23N3O2/c1-4-8-15-13-7-6-12(11-16-13)14(18)17(2)9-5-10-19-3/h6-7,11H,4-5,8-10H2,1-3H3,(H,15,16). The van der Waals surface area contributed by atoms with Crippen molar-refractivity contribution in [1.29, 1.82) is 0 Å². The number of anilines is 1. The van der Waals surface area contributed by atoms with Crippen molar-refractivity contribution in [1.82, 2.24) is 9.88 Å². The van der Waals surface area contributed by atoms with Crippen molar-refractivity contribution in [2.75, 3.05) is 39.2 Å². The molecule has 0 aliphatic heterocycles. The second-order valence-corrected chi connectivity index (χ2v) is 4.43. The van der Waals surface area contributed by atoms with Gasteiger partial charge in [0.1, 0.15) is 5.82 Å². The fourth-order valence-corrected chi connectivity index (χ4v) is 1.65. The summed E-state index contributed by atoms with van der Waals surface area (Å²) in [6.07, 6.45) is 3.50. The van der Waals surface area contributed by atoms with Gasteiger partial charge in [-0.05, 0) is 25.0 Å². The first kappa shape index (κ1) is 15.4. The average Bonchev–Trinajstić information content (AvgIpc) is 2.45. The average molecular weight is 265 g/mol. The van der Waals surface area contributed by atoms with Crippen LogP contribution in [0.15, 0.2) is 18.3 Å². The van der Waals surface area contributed by atoms with E-state index in [1.54, 1.807) is 31.3 Å². The number of ether oxygens (including phenoxy) is 1. The molecule has 0 atom stereocenters. The monoisotopic (exact) mass is 265 g/mol. The largest absolute Gasteiger partial charge is 0.385 e. The Labute approximate surface area is 115 Å². The first-order valence-corrected chi connectivity index (χ1v) is 6.63. The third-order valence-corrected chi connectivity index (χ3v) is 2.76. The highest BCUT2D eigenvalue weighted by molar-refractivity contribution is 5.93. The lowest BCUT2D eigenvalue weighted by Gasteiger charge is -2.16. The van der Waals surface area contributed by atoms with Crippen LogP contribution in [-0.2, 0) is 4.74 Å². The second-order valence-electron chi connectivity index (χ2n) is 4.43. The lowest BCUT2D eigenvalue weighted by Crippen LogP contribution is -2.28. The van der Waals surface area contributed by atoms with Crippen LogP contribution in [-0.4, -0.2) is 49.6 Å². The van der Waals surface area contributed by atoms with Gasteiger partial charge in [-0.3, -0.25) is 4.79 Å². The molecule has 19 heavy (non-hydrogen) atoms. The van der Waals surface area contributed by atoms with Gasteiger partial charge in [0.15, 0.2) is 0 Å². The molecule has 0 saturated heterocycles. The van der Waals surface area contributed by atoms with Crippen LogP contribution in [0.5, 0.6) is 0 Å². The first-order chi connectivity index (χ1) is 9.19. The third-order valence-electron chi connectivity index (χ3n) is 2.76. The molecule has 0 saturated carbocycles. The number of amides is 1. The molecule has 1 aromatic heterocycles. The summed E-state index contributed by atoms with van der Waals surface area (Å²) in [6.45, 7) is 4.33. The van der Waals surface area contributed by atoms with Crippen molar-refractivity contribution >= 4 is 11.7 Å². The number of nitrogens with zero attached hydrogens (tertiary/aromatic N) is 2. The Hall–Kier alpha value is -1.62. The van der Waals surface area contributed by atoms with E-state index in [1.807, 2.05) is 6.07 Å². The molecule has 1 heterocycles. The van der Waals surface area contributed by atoms with Crippen molar-refractivity contribution in [2.24, 2.45) is 0 Å². The molecule has 0 aliphatic rings. The van der Waals surface area contributed by atoms with E-state index in [4.69, 9.17) is 4.74 Å². The van der Waals surface area contributed by atoms with Gasteiger partial charge >= 0.3 is 0 Å². The molecule has 0 unspecified atom stereocenters. The van der Waals surface area contributed by atoms with E-state index in [1.165, 1.54) is 0 Å². The Balaban J connectivity index is 2.52. The molecular formula is C14H23N3O2. The maximum atomic E-state index is 12.1. The fourth-order valence-electron chi connectivity index (χ4n) is 1.65. The van der Waals surface area contributed by atoms with Gasteiger partial charge < -0.3 is 15.0 Å². The molecule has 0 spiro atoms. The molecule has 0 radical (unpaired) electrons. The molecule has 0 fully saturated rings. The number of hydrogen-bond donors (Lipinski definition) is 1. The van der Waals surface area contributed by atoms with Gasteiger partial charge in [0, 0.05) is 40.1 Å². The molecule has 5 nitrogen and oxygen atoms in total. The van der Waals surface area contributed by atoms with E-state index in [2.05, 4.69) is 17.2 Å². The third kappa shape index (κ3) is 5.26. The molecule has 0 bridgehead atoms. The van der Waals surface area contributed by atoms with Gasteiger partial charge in [-0.2, -0.15) is 0 Å². The maximum absolute atomic E-state index is 12.1. The van der Waals surface area contributed by atoms with Gasteiger partial charge in [-0.25, -0.2) is 4.98 Å². The smallest absolute Gasteiger partial charge is 0.255 e. The quantitative estimate of drug-likeness (QED) is 0.731. The Morgan fingerprint density at radius 1 is 1.47 bits per heavy atom. The summed E-state index contributed by atoms with van der Waals surface area (Å²) in [6, 6.07) is 3.64. The zero-order valence-corrected chi connectivity index (χ0v) is 12.0. The molecule has 1 rings (SSSR count). The Morgan fingerprint density at radius 3 is 2.84 bits per heavy atom. The van der Waals surface area contributed by atoms with Crippen molar-refractivity contribution in [3.63, 3.8) is 0 Å². The lowest BCUT2D eigenvalue weighted by atomic mass is 10.2. The zero-order valence-electron chi connectivity index (χ0n) is 12.0. The summed E-state index contributed by atoms with van der Waals surface area (Å²) in [4.78, 5) is 18.0. The van der Waals surface area contributed by atoms with E-state index in [0.29, 0.717) is 18.7 Å². The van der Waals surface area contributed by atoms with Crippen LogP contribution in [0.25, 0.3) is 0 Å². The number of carbonyl (C=O) groups is 1. The van der Waals surface area contributed by atoms with Gasteiger partial charge in [-0.1, -0.05) is 6.92 Å². The molecule has 0 aromatic carbocycles. The number of pyridine rings is 1. The zero-order chi connectivity index (χ0) is 14.1. The minimum atomic E-state index is -0.00866. The van der Waals surface area contributed by atoms with E-state index in [0.717, 1.165) is 25.2 Å². The number of rotatable bonds is 8. The van der Waals surface area contributed by atoms with Gasteiger partial charge in [0.05, 0.1) is 5.56 Å². The van der Waals surface area contributed by atoms with Crippen LogP contribution in [0.4, 0.5) is 5.82 Å². The number of methoxy groups -OCH3 is 1. The molecule has 5 heteroatoms. The van der Waals surface area contributed by atoms with Crippen LogP contribution in [0, 0.1) is 0 Å². The van der Waals surface area contributed by atoms with Gasteiger partial charge in [0.2, 0.25) is 0 Å². The summed E-state index contributed by atoms with van der Waals surface area (Å²) < 4.78 is 4.97. The topological polar surface area (TPSA) is 54.5 Å². The number of hydrogen-bond acceptors (Lipinski definition) is 4. The van der Waals surface area contributed by atoms with Crippen LogP contribution < -0.4 is 5.32 Å². The predicted molar refractivity (Wildman–Crippen MR) is 76.5 cm³/mol. The molecular weight excluding hydrogens is 242 g/mol. The highest BCUT2D eigenvalue weighted by atomic mass is 16.5. The summed E-state index contributed by atoms with van der Waals surface area (Å²) >= 11 is 0. The highest BCUT2D eigenvalue weighted by Gasteiger charge is 2.11. The molecule has 1 aromatic rings. The van der Waals surface area contributed by atoms with Crippen molar-refractivity contribution < 1.29 is 9.53 Å². The van der Waals surface area contributed by atoms with Gasteiger partial charge in [-0.15, -0.1) is 0 Å². The van der Waals surface area contributed by atoms with Crippen LogP contribution in [0.1, 0.15) is 30.1 Å². The lowest BCUT2D eigenvalue weighted by molar-refractivity contribution is 0.0779. The van der Waals surface area contributed by atoms with Gasteiger partial charge in [0.25, 0.3) is 5.91 Å². The molecule has 1 N–H and O–H groups in total. The van der Waals surface area contributed by atoms with Crippen LogP contribution >= 0.6 is 0 Å². The number of nitrogens with one attached hydrogen (secondary N) is 1. The Morgan fingerprint density at radius 2 is 2.26 bits per heavy atom.